The van der Waals surface area contributed by atoms with E-state index in [1.165, 1.54) is 109 Å². The van der Waals surface area contributed by atoms with Crippen LogP contribution in [-0.2, 0) is 9.47 Å². The number of allylic oxidation sites excluding steroid dienone is 8. The number of carbonyl (C=O) groups excluding carboxylic acids is 1. The highest BCUT2D eigenvalue weighted by atomic mass is 16.7. The van der Waals surface area contributed by atoms with Gasteiger partial charge in [-0.15, -0.1) is 0 Å². The molecule has 232 valence electrons. The van der Waals surface area contributed by atoms with Crippen LogP contribution >= 0.6 is 0 Å². The fraction of sp³-hybridized carbons (Fsp3) is 0.757. The number of hydrogen-bond acceptors (Lipinski definition) is 3. The summed E-state index contributed by atoms with van der Waals surface area (Å²) < 4.78 is 10.4. The van der Waals surface area contributed by atoms with Crippen molar-refractivity contribution in [3.8, 4) is 0 Å². The van der Waals surface area contributed by atoms with Crippen molar-refractivity contribution < 1.29 is 14.3 Å². The molecule has 0 heterocycles. The van der Waals surface area contributed by atoms with Crippen LogP contribution in [0.5, 0.6) is 0 Å². The van der Waals surface area contributed by atoms with Crippen LogP contribution in [0.1, 0.15) is 168 Å². The zero-order valence-electron chi connectivity index (χ0n) is 26.7. The summed E-state index contributed by atoms with van der Waals surface area (Å²) in [6, 6.07) is 0. The maximum absolute atomic E-state index is 11.7. The van der Waals surface area contributed by atoms with E-state index in [9.17, 15) is 4.79 Å². The average molecular weight is 559 g/mol. The molecule has 0 amide bonds. The molecule has 0 spiro atoms. The Labute approximate surface area is 250 Å². The minimum Gasteiger partial charge on any atom is -0.434 e. The molecule has 0 N–H and O–H groups in total. The molecule has 0 bridgehead atoms. The highest BCUT2D eigenvalue weighted by molar-refractivity contribution is 5.59. The smallest absolute Gasteiger partial charge is 0.434 e. The van der Waals surface area contributed by atoms with Gasteiger partial charge in [0.05, 0.1) is 13.2 Å². The van der Waals surface area contributed by atoms with Crippen LogP contribution in [0.3, 0.4) is 0 Å². The molecule has 0 atom stereocenters. The van der Waals surface area contributed by atoms with Crippen molar-refractivity contribution >= 4 is 6.16 Å². The molecule has 0 aliphatic carbocycles. The zero-order valence-corrected chi connectivity index (χ0v) is 26.7. The second-order valence-electron chi connectivity index (χ2n) is 11.1. The normalized spacial score (nSPS) is 12.1. The van der Waals surface area contributed by atoms with Crippen molar-refractivity contribution in [1.29, 1.82) is 0 Å². The summed E-state index contributed by atoms with van der Waals surface area (Å²) in [5.74, 6) is 0. The second kappa shape index (κ2) is 35.3. The molecular weight excluding hydrogens is 492 g/mol. The minimum absolute atomic E-state index is 0.483. The van der Waals surface area contributed by atoms with E-state index in [4.69, 9.17) is 9.47 Å². The van der Waals surface area contributed by atoms with E-state index < -0.39 is 6.16 Å². The molecule has 40 heavy (non-hydrogen) atoms. The largest absolute Gasteiger partial charge is 0.508 e. The van der Waals surface area contributed by atoms with Crippen molar-refractivity contribution in [3.63, 3.8) is 0 Å². The van der Waals surface area contributed by atoms with Gasteiger partial charge in [0, 0.05) is 0 Å². The van der Waals surface area contributed by atoms with Crippen LogP contribution in [0.15, 0.2) is 48.6 Å². The fourth-order valence-corrected chi connectivity index (χ4v) is 4.60. The highest BCUT2D eigenvalue weighted by Gasteiger charge is 2.03. The van der Waals surface area contributed by atoms with Crippen molar-refractivity contribution in [1.82, 2.24) is 0 Å². The highest BCUT2D eigenvalue weighted by Crippen LogP contribution is 2.11. The third kappa shape index (κ3) is 34.3. The molecule has 3 nitrogen and oxygen atoms in total. The third-order valence-electron chi connectivity index (χ3n) is 7.14. The Bertz CT molecular complexity index is 617. The third-order valence-corrected chi connectivity index (χ3v) is 7.14. The lowest BCUT2D eigenvalue weighted by molar-refractivity contribution is 0.0529. The van der Waals surface area contributed by atoms with Crippen LogP contribution in [0.4, 0.5) is 4.79 Å². The number of rotatable bonds is 30. The Morgan fingerprint density at radius 3 is 1.23 bits per heavy atom. The van der Waals surface area contributed by atoms with Gasteiger partial charge in [-0.2, -0.15) is 0 Å². The molecule has 0 aliphatic rings. The molecule has 0 aromatic rings. The monoisotopic (exact) mass is 559 g/mol. The first-order valence-corrected chi connectivity index (χ1v) is 17.2. The van der Waals surface area contributed by atoms with Crippen LogP contribution in [0.2, 0.25) is 0 Å². The van der Waals surface area contributed by atoms with Crippen molar-refractivity contribution in [2.45, 2.75) is 168 Å². The number of unbranched alkanes of at least 4 members (excludes halogenated alkanes) is 18. The molecule has 0 saturated carbocycles. The van der Waals surface area contributed by atoms with E-state index in [-0.39, 0.29) is 0 Å². The molecule has 3 heteroatoms. The van der Waals surface area contributed by atoms with Crippen molar-refractivity contribution in [2.24, 2.45) is 0 Å². The van der Waals surface area contributed by atoms with Gasteiger partial charge in [0.2, 0.25) is 0 Å². The van der Waals surface area contributed by atoms with Crippen molar-refractivity contribution in [2.75, 3.05) is 13.2 Å². The fourth-order valence-electron chi connectivity index (χ4n) is 4.60. The van der Waals surface area contributed by atoms with Gasteiger partial charge in [0.25, 0.3) is 0 Å². The lowest BCUT2D eigenvalue weighted by Gasteiger charge is -2.06. The van der Waals surface area contributed by atoms with Crippen LogP contribution in [0.25, 0.3) is 0 Å². The van der Waals surface area contributed by atoms with E-state index in [1.807, 2.05) is 0 Å². The topological polar surface area (TPSA) is 35.5 Å². The van der Waals surface area contributed by atoms with Gasteiger partial charge >= 0.3 is 6.16 Å². The Morgan fingerprint density at radius 2 is 0.775 bits per heavy atom. The maximum atomic E-state index is 11.7. The second-order valence-corrected chi connectivity index (χ2v) is 11.1. The molecule has 0 rings (SSSR count). The summed E-state index contributed by atoms with van der Waals surface area (Å²) >= 11 is 0. The summed E-state index contributed by atoms with van der Waals surface area (Å²) in [6.45, 7) is 5.41. The summed E-state index contributed by atoms with van der Waals surface area (Å²) in [5.41, 5.74) is 0. The summed E-state index contributed by atoms with van der Waals surface area (Å²) in [7, 11) is 0. The first kappa shape index (κ1) is 38.2. The minimum atomic E-state index is -0.494. The standard InChI is InChI=1S/C37H66O3/c1-3-5-7-9-11-13-15-17-19-21-23-25-27-29-31-33-35-39-37(38)40-36-34-32-30-28-26-24-22-20-18-16-14-12-10-8-6-4-2/h5,7,11,13,17-20H,3-4,6,8-10,12,14-16,21-36H2,1-2H3. The average Bonchev–Trinajstić information content (AvgIpc) is 2.96. The maximum Gasteiger partial charge on any atom is 0.508 e. The van der Waals surface area contributed by atoms with Gasteiger partial charge in [-0.05, 0) is 70.6 Å². The van der Waals surface area contributed by atoms with Crippen LogP contribution in [0, 0.1) is 0 Å². The van der Waals surface area contributed by atoms with Gasteiger partial charge < -0.3 is 9.47 Å². The number of ether oxygens (including phenoxy) is 2. The molecule has 0 radical (unpaired) electrons. The van der Waals surface area contributed by atoms with Crippen LogP contribution in [-0.4, -0.2) is 19.4 Å². The van der Waals surface area contributed by atoms with E-state index in [2.05, 4.69) is 62.5 Å². The van der Waals surface area contributed by atoms with Gasteiger partial charge in [-0.1, -0.05) is 146 Å². The summed E-state index contributed by atoms with van der Waals surface area (Å²) in [6.07, 6.45) is 47.1. The zero-order chi connectivity index (χ0) is 29.0. The lowest BCUT2D eigenvalue weighted by Crippen LogP contribution is -2.09. The van der Waals surface area contributed by atoms with E-state index in [0.29, 0.717) is 13.2 Å². The molecule has 0 saturated heterocycles. The molecule has 0 unspecified atom stereocenters. The number of carbonyl (C=O) groups is 1. The number of hydrogen-bond donors (Lipinski definition) is 0. The summed E-state index contributed by atoms with van der Waals surface area (Å²) in [5, 5.41) is 0. The Hall–Kier alpha value is -1.77. The molecule has 0 aromatic heterocycles. The Kier molecular flexibility index (Phi) is 33.7. The molecule has 0 fully saturated rings. The van der Waals surface area contributed by atoms with Gasteiger partial charge in [-0.3, -0.25) is 0 Å². The lowest BCUT2D eigenvalue weighted by atomic mass is 10.1. The van der Waals surface area contributed by atoms with Gasteiger partial charge in [0.15, 0.2) is 0 Å². The first-order chi connectivity index (χ1) is 19.8. The van der Waals surface area contributed by atoms with E-state index in [0.717, 1.165) is 44.9 Å². The molecule has 0 aliphatic heterocycles. The molecular formula is C37H66O3. The van der Waals surface area contributed by atoms with Crippen LogP contribution < -0.4 is 0 Å². The van der Waals surface area contributed by atoms with E-state index >= 15 is 0 Å². The summed E-state index contributed by atoms with van der Waals surface area (Å²) in [4.78, 5) is 11.7. The Balaban J connectivity index is 3.26. The predicted molar refractivity (Wildman–Crippen MR) is 176 cm³/mol. The van der Waals surface area contributed by atoms with Crippen molar-refractivity contribution in [3.05, 3.63) is 48.6 Å². The van der Waals surface area contributed by atoms with E-state index in [1.54, 1.807) is 0 Å². The van der Waals surface area contributed by atoms with Gasteiger partial charge in [0.1, 0.15) is 0 Å². The molecule has 0 aromatic carbocycles. The first-order valence-electron chi connectivity index (χ1n) is 17.2. The quantitative estimate of drug-likeness (QED) is 0.0499. The van der Waals surface area contributed by atoms with Gasteiger partial charge in [-0.25, -0.2) is 4.79 Å². The SMILES string of the molecule is CCC=CCC=CCC=CCCCCCCCCOC(=O)OCCCCCCCCC=CCCCCCCCC. The predicted octanol–water partition coefficient (Wildman–Crippen LogP) is 12.8. The Morgan fingerprint density at radius 1 is 0.425 bits per heavy atom.